The highest BCUT2D eigenvalue weighted by Crippen LogP contribution is 2.32. The van der Waals surface area contributed by atoms with Crippen molar-refractivity contribution in [2.24, 2.45) is 0 Å². The molecule has 0 amide bonds. The molecule has 2 rings (SSSR count). The van der Waals surface area contributed by atoms with Gasteiger partial charge in [0.05, 0.1) is 5.38 Å². The molecule has 2 aromatic rings. The van der Waals surface area contributed by atoms with Crippen molar-refractivity contribution in [1.82, 2.24) is 0 Å². The van der Waals surface area contributed by atoms with E-state index in [1.165, 1.54) is 12.1 Å². The Morgan fingerprint density at radius 2 is 1.67 bits per heavy atom. The molecular formula is C16H16ClF. The summed E-state index contributed by atoms with van der Waals surface area (Å²) in [5, 5.41) is -0.306. The Hall–Kier alpha value is -1.34. The number of halogens is 2. The summed E-state index contributed by atoms with van der Waals surface area (Å²) in [6.07, 6.45) is 0. The van der Waals surface area contributed by atoms with Crippen molar-refractivity contribution < 1.29 is 4.39 Å². The van der Waals surface area contributed by atoms with Gasteiger partial charge in [-0.3, -0.25) is 0 Å². The molecule has 0 aromatic heterocycles. The number of alkyl halides is 1. The van der Waals surface area contributed by atoms with Gasteiger partial charge in [0.2, 0.25) is 0 Å². The maximum absolute atomic E-state index is 13.4. The normalized spacial score (nSPS) is 12.5. The lowest BCUT2D eigenvalue weighted by molar-refractivity contribution is 0.624. The summed E-state index contributed by atoms with van der Waals surface area (Å²) in [6, 6.07) is 11.1. The summed E-state index contributed by atoms with van der Waals surface area (Å²) in [5.41, 5.74) is 5.03. The first kappa shape index (κ1) is 13.1. The molecule has 1 unspecified atom stereocenters. The lowest BCUT2D eigenvalue weighted by Gasteiger charge is -2.15. The van der Waals surface area contributed by atoms with Crippen LogP contribution >= 0.6 is 11.6 Å². The first-order chi connectivity index (χ1) is 8.47. The molecule has 0 bridgehead atoms. The van der Waals surface area contributed by atoms with Crippen LogP contribution in [0.15, 0.2) is 36.4 Å². The molecule has 0 aliphatic carbocycles. The van der Waals surface area contributed by atoms with Crippen LogP contribution in [0.1, 0.15) is 33.2 Å². The molecule has 2 heteroatoms. The standard InChI is InChI=1S/C16H16ClF/c1-10-4-5-12(3)15(8-10)16(17)13-6-11(2)7-14(18)9-13/h4-9,16H,1-3H3. The van der Waals surface area contributed by atoms with Crippen molar-refractivity contribution in [1.29, 1.82) is 0 Å². The molecule has 0 nitrogen and oxygen atoms in total. The molecule has 0 aliphatic heterocycles. The van der Waals surface area contributed by atoms with Crippen LogP contribution in [-0.2, 0) is 0 Å². The van der Waals surface area contributed by atoms with Crippen LogP contribution < -0.4 is 0 Å². The van der Waals surface area contributed by atoms with Crippen molar-refractivity contribution >= 4 is 11.6 Å². The fraction of sp³-hybridized carbons (Fsp3) is 0.250. The summed E-state index contributed by atoms with van der Waals surface area (Å²) in [6.45, 7) is 5.93. The summed E-state index contributed by atoms with van der Waals surface area (Å²) < 4.78 is 13.4. The van der Waals surface area contributed by atoms with Gasteiger partial charge in [-0.2, -0.15) is 0 Å². The van der Waals surface area contributed by atoms with E-state index in [4.69, 9.17) is 11.6 Å². The quantitative estimate of drug-likeness (QED) is 0.662. The van der Waals surface area contributed by atoms with Gasteiger partial charge < -0.3 is 0 Å². The van der Waals surface area contributed by atoms with Gasteiger partial charge in [0, 0.05) is 0 Å². The number of hydrogen-bond donors (Lipinski definition) is 0. The Bertz CT molecular complexity index is 555. The van der Waals surface area contributed by atoms with E-state index in [0.717, 1.165) is 27.8 Å². The van der Waals surface area contributed by atoms with Crippen LogP contribution in [0.3, 0.4) is 0 Å². The number of rotatable bonds is 2. The van der Waals surface area contributed by atoms with Gasteiger partial charge in [-0.15, -0.1) is 11.6 Å². The maximum Gasteiger partial charge on any atom is 0.123 e. The van der Waals surface area contributed by atoms with Crippen molar-refractivity contribution in [2.75, 3.05) is 0 Å². The van der Waals surface area contributed by atoms with Crippen molar-refractivity contribution in [3.05, 3.63) is 70.0 Å². The smallest absolute Gasteiger partial charge is 0.123 e. The second-order valence-electron chi connectivity index (χ2n) is 4.78. The largest absolute Gasteiger partial charge is 0.207 e. The zero-order chi connectivity index (χ0) is 13.3. The molecule has 0 saturated carbocycles. The first-order valence-electron chi connectivity index (χ1n) is 5.95. The van der Waals surface area contributed by atoms with E-state index in [-0.39, 0.29) is 11.2 Å². The highest BCUT2D eigenvalue weighted by molar-refractivity contribution is 6.22. The van der Waals surface area contributed by atoms with Gasteiger partial charge in [-0.1, -0.05) is 29.8 Å². The van der Waals surface area contributed by atoms with E-state index in [2.05, 4.69) is 12.1 Å². The monoisotopic (exact) mass is 262 g/mol. The van der Waals surface area contributed by atoms with Crippen LogP contribution in [-0.4, -0.2) is 0 Å². The number of hydrogen-bond acceptors (Lipinski definition) is 0. The van der Waals surface area contributed by atoms with E-state index in [0.29, 0.717) is 0 Å². The molecule has 0 N–H and O–H groups in total. The van der Waals surface area contributed by atoms with Gasteiger partial charge in [0.1, 0.15) is 5.82 Å². The Morgan fingerprint density at radius 3 is 2.33 bits per heavy atom. The minimum Gasteiger partial charge on any atom is -0.207 e. The fourth-order valence-electron chi connectivity index (χ4n) is 2.12. The van der Waals surface area contributed by atoms with E-state index >= 15 is 0 Å². The lowest BCUT2D eigenvalue weighted by atomic mass is 9.97. The van der Waals surface area contributed by atoms with Gasteiger partial charge in [-0.05, 0) is 55.2 Å². The summed E-state index contributed by atoms with van der Waals surface area (Å²) in [5.74, 6) is -0.235. The Balaban J connectivity index is 2.47. The molecule has 18 heavy (non-hydrogen) atoms. The predicted octanol–water partition coefficient (Wildman–Crippen LogP) is 5.08. The second kappa shape index (κ2) is 5.11. The molecule has 0 saturated heterocycles. The fourth-order valence-corrected chi connectivity index (χ4v) is 2.48. The molecule has 0 radical (unpaired) electrons. The average molecular weight is 263 g/mol. The maximum atomic E-state index is 13.4. The van der Waals surface area contributed by atoms with Gasteiger partial charge in [0.25, 0.3) is 0 Å². The van der Waals surface area contributed by atoms with E-state index in [1.807, 2.05) is 32.9 Å². The Morgan fingerprint density at radius 1 is 0.944 bits per heavy atom. The SMILES string of the molecule is Cc1cc(F)cc(C(Cl)c2cc(C)ccc2C)c1. The molecule has 0 fully saturated rings. The lowest BCUT2D eigenvalue weighted by Crippen LogP contribution is -1.98. The minimum absolute atomic E-state index is 0.235. The summed E-state index contributed by atoms with van der Waals surface area (Å²) >= 11 is 6.49. The molecule has 1 atom stereocenters. The zero-order valence-corrected chi connectivity index (χ0v) is 11.6. The molecule has 0 spiro atoms. The van der Waals surface area contributed by atoms with Gasteiger partial charge >= 0.3 is 0 Å². The molecule has 2 aromatic carbocycles. The highest BCUT2D eigenvalue weighted by Gasteiger charge is 2.14. The average Bonchev–Trinajstić information content (AvgIpc) is 2.30. The zero-order valence-electron chi connectivity index (χ0n) is 10.8. The van der Waals surface area contributed by atoms with E-state index in [9.17, 15) is 4.39 Å². The van der Waals surface area contributed by atoms with Crippen molar-refractivity contribution in [3.8, 4) is 0 Å². The summed E-state index contributed by atoms with van der Waals surface area (Å²) in [7, 11) is 0. The third-order valence-electron chi connectivity index (χ3n) is 3.06. The topological polar surface area (TPSA) is 0 Å². The molecular weight excluding hydrogens is 247 g/mol. The van der Waals surface area contributed by atoms with E-state index in [1.54, 1.807) is 0 Å². The van der Waals surface area contributed by atoms with Gasteiger partial charge in [-0.25, -0.2) is 4.39 Å². The van der Waals surface area contributed by atoms with Crippen LogP contribution in [0.4, 0.5) is 4.39 Å². The number of aryl methyl sites for hydroxylation is 3. The third kappa shape index (κ3) is 2.73. The van der Waals surface area contributed by atoms with E-state index < -0.39 is 0 Å². The third-order valence-corrected chi connectivity index (χ3v) is 3.55. The van der Waals surface area contributed by atoms with Crippen LogP contribution in [0.2, 0.25) is 0 Å². The second-order valence-corrected chi connectivity index (χ2v) is 5.22. The highest BCUT2D eigenvalue weighted by atomic mass is 35.5. The summed E-state index contributed by atoms with van der Waals surface area (Å²) in [4.78, 5) is 0. The first-order valence-corrected chi connectivity index (χ1v) is 6.39. The molecule has 94 valence electrons. The van der Waals surface area contributed by atoms with Crippen LogP contribution in [0.5, 0.6) is 0 Å². The van der Waals surface area contributed by atoms with Crippen molar-refractivity contribution in [3.63, 3.8) is 0 Å². The molecule has 0 aliphatic rings. The number of benzene rings is 2. The minimum atomic E-state index is -0.306. The molecule has 0 heterocycles. The Kier molecular flexibility index (Phi) is 3.72. The Labute approximate surface area is 112 Å². The van der Waals surface area contributed by atoms with Crippen LogP contribution in [0.25, 0.3) is 0 Å². The van der Waals surface area contributed by atoms with Crippen LogP contribution in [0, 0.1) is 26.6 Å². The predicted molar refractivity (Wildman–Crippen MR) is 74.7 cm³/mol. The van der Waals surface area contributed by atoms with Crippen molar-refractivity contribution in [2.45, 2.75) is 26.1 Å². The van der Waals surface area contributed by atoms with Gasteiger partial charge in [0.15, 0.2) is 0 Å².